The maximum atomic E-state index is 13.0. The summed E-state index contributed by atoms with van der Waals surface area (Å²) in [6.45, 7) is 5.40. The number of para-hydroxylation sites is 1. The number of nitrogens with zero attached hydrogens (tertiary/aromatic N) is 6. The van der Waals surface area contributed by atoms with Gasteiger partial charge in [0.05, 0.1) is 35.8 Å². The van der Waals surface area contributed by atoms with Crippen LogP contribution < -0.4 is 26.8 Å². The van der Waals surface area contributed by atoms with Gasteiger partial charge in [-0.05, 0) is 38.0 Å². The van der Waals surface area contributed by atoms with Crippen molar-refractivity contribution in [2.45, 2.75) is 26.4 Å². The lowest BCUT2D eigenvalue weighted by Crippen LogP contribution is -2.33. The molecule has 4 heterocycles. The van der Waals surface area contributed by atoms with Crippen LogP contribution in [0.2, 0.25) is 0 Å². The molecule has 1 aliphatic heterocycles. The van der Waals surface area contributed by atoms with Crippen molar-refractivity contribution in [3.8, 4) is 17.1 Å². The van der Waals surface area contributed by atoms with Crippen molar-refractivity contribution in [3.63, 3.8) is 0 Å². The van der Waals surface area contributed by atoms with Crippen LogP contribution in [0.3, 0.4) is 0 Å². The SMILES string of the molecule is CN/C(C)=C\C(N)=N/c1ncc(C)c(-c2c[nH]c3c(NC(=O)CN4CCC(Oc5cncc(N)n5)C4)cccc23)n1. The highest BCUT2D eigenvalue weighted by Crippen LogP contribution is 2.33. The fourth-order valence-corrected chi connectivity index (χ4v) is 4.68. The Morgan fingerprint density at radius 3 is 2.95 bits per heavy atom. The number of aryl methyl sites for hydroxylation is 1. The predicted molar refractivity (Wildman–Crippen MR) is 159 cm³/mol. The zero-order valence-corrected chi connectivity index (χ0v) is 23.2. The van der Waals surface area contributed by atoms with Gasteiger partial charge < -0.3 is 31.8 Å². The average molecular weight is 556 g/mol. The number of carbonyl (C=O) groups excluding carboxylic acids is 1. The largest absolute Gasteiger partial charge is 0.472 e. The number of benzene rings is 1. The summed E-state index contributed by atoms with van der Waals surface area (Å²) in [4.78, 5) is 39.8. The molecule has 1 unspecified atom stereocenters. The van der Waals surface area contributed by atoms with E-state index in [1.54, 1.807) is 12.3 Å². The predicted octanol–water partition coefficient (Wildman–Crippen LogP) is 2.51. The minimum Gasteiger partial charge on any atom is -0.472 e. The maximum absolute atomic E-state index is 13.0. The molecule has 1 atom stereocenters. The van der Waals surface area contributed by atoms with Crippen LogP contribution in [0.25, 0.3) is 22.2 Å². The van der Waals surface area contributed by atoms with Gasteiger partial charge in [-0.15, -0.1) is 0 Å². The summed E-state index contributed by atoms with van der Waals surface area (Å²) in [5.41, 5.74) is 16.6. The molecule has 7 N–H and O–H groups in total. The number of nitrogens with two attached hydrogens (primary N) is 2. The molecule has 0 bridgehead atoms. The summed E-state index contributed by atoms with van der Waals surface area (Å²) in [6, 6.07) is 5.76. The Balaban J connectivity index is 1.28. The minimum atomic E-state index is -0.117. The second-order valence-corrected chi connectivity index (χ2v) is 9.84. The van der Waals surface area contributed by atoms with Gasteiger partial charge in [0.2, 0.25) is 11.8 Å². The molecule has 212 valence electrons. The number of hydrogen-bond donors (Lipinski definition) is 5. The molecule has 0 saturated carbocycles. The fraction of sp³-hybridized carbons (Fsp3) is 0.286. The molecule has 13 heteroatoms. The lowest BCUT2D eigenvalue weighted by Gasteiger charge is -2.16. The molecular formula is C28H33N11O2. The number of hydrogen-bond acceptors (Lipinski definition) is 10. The third-order valence-corrected chi connectivity index (χ3v) is 6.71. The zero-order chi connectivity index (χ0) is 28.9. The Labute approximate surface area is 237 Å². The molecule has 1 saturated heterocycles. The van der Waals surface area contributed by atoms with Crippen LogP contribution in [0.5, 0.6) is 5.88 Å². The van der Waals surface area contributed by atoms with Crippen molar-refractivity contribution in [3.05, 3.63) is 60.3 Å². The fourth-order valence-electron chi connectivity index (χ4n) is 4.68. The quantitative estimate of drug-likeness (QED) is 0.152. The number of aromatic amines is 1. The van der Waals surface area contributed by atoms with E-state index in [0.29, 0.717) is 29.8 Å². The molecule has 13 nitrogen and oxygen atoms in total. The summed E-state index contributed by atoms with van der Waals surface area (Å²) in [5, 5.41) is 6.97. The van der Waals surface area contributed by atoms with Crippen molar-refractivity contribution < 1.29 is 9.53 Å². The van der Waals surface area contributed by atoms with Gasteiger partial charge in [0, 0.05) is 49.2 Å². The van der Waals surface area contributed by atoms with E-state index >= 15 is 0 Å². The first-order valence-corrected chi connectivity index (χ1v) is 13.2. The van der Waals surface area contributed by atoms with Crippen molar-refractivity contribution >= 4 is 40.1 Å². The molecule has 4 aromatic rings. The van der Waals surface area contributed by atoms with Gasteiger partial charge in [0.15, 0.2) is 0 Å². The van der Waals surface area contributed by atoms with Crippen LogP contribution in [-0.4, -0.2) is 74.3 Å². The number of nitrogens with one attached hydrogen (secondary N) is 3. The van der Waals surface area contributed by atoms with Gasteiger partial charge in [-0.25, -0.2) is 9.97 Å². The average Bonchev–Trinajstić information content (AvgIpc) is 3.57. The number of carbonyl (C=O) groups is 1. The van der Waals surface area contributed by atoms with E-state index in [1.807, 2.05) is 50.2 Å². The van der Waals surface area contributed by atoms with Crippen LogP contribution in [0, 0.1) is 6.92 Å². The minimum absolute atomic E-state index is 0.0858. The number of H-pyrrole nitrogens is 1. The van der Waals surface area contributed by atoms with E-state index in [2.05, 4.69) is 40.5 Å². The van der Waals surface area contributed by atoms with E-state index < -0.39 is 0 Å². The zero-order valence-electron chi connectivity index (χ0n) is 23.2. The second-order valence-electron chi connectivity index (χ2n) is 9.84. The summed E-state index contributed by atoms with van der Waals surface area (Å²) in [6.07, 6.45) is 9.01. The lowest BCUT2D eigenvalue weighted by molar-refractivity contribution is -0.117. The Morgan fingerprint density at radius 2 is 2.15 bits per heavy atom. The first-order valence-electron chi connectivity index (χ1n) is 13.2. The number of allylic oxidation sites excluding steroid dienone is 1. The standard InChI is InChI=1S/C28H33N11O2/c1-16-10-34-28(37-22(29)9-17(2)31-3)38-26(16)20-11-33-27-19(20)5-4-6-21(27)35-24(40)15-39-8-7-18(14-39)41-25-13-32-12-23(30)36-25/h4-6,9-13,18,31,33H,7-8,14-15H2,1-3H3,(H2,30,36)(H,35,40)(H2,29,34,37,38)/b17-9-. The Kier molecular flexibility index (Phi) is 8.06. The molecule has 1 fully saturated rings. The van der Waals surface area contributed by atoms with Crippen molar-refractivity contribution in [2.75, 3.05) is 37.7 Å². The molecule has 1 amide bonds. The Hall–Kier alpha value is -5.04. The van der Waals surface area contributed by atoms with Crippen LogP contribution in [0.1, 0.15) is 18.9 Å². The molecule has 41 heavy (non-hydrogen) atoms. The number of aliphatic imine (C=N–C) groups is 1. The van der Waals surface area contributed by atoms with Crippen molar-refractivity contribution in [1.82, 2.24) is 35.1 Å². The van der Waals surface area contributed by atoms with E-state index in [0.717, 1.165) is 46.4 Å². The van der Waals surface area contributed by atoms with E-state index in [9.17, 15) is 4.79 Å². The number of amides is 1. The highest BCUT2D eigenvalue weighted by molar-refractivity contribution is 6.06. The second kappa shape index (κ2) is 12.0. The van der Waals surface area contributed by atoms with Crippen LogP contribution in [0.15, 0.2) is 59.8 Å². The number of nitrogen functional groups attached to an aromatic ring is 1. The summed E-state index contributed by atoms with van der Waals surface area (Å²) in [7, 11) is 1.81. The van der Waals surface area contributed by atoms with Crippen LogP contribution in [0.4, 0.5) is 17.5 Å². The first-order chi connectivity index (χ1) is 19.8. The van der Waals surface area contributed by atoms with Gasteiger partial charge in [-0.2, -0.15) is 9.98 Å². The smallest absolute Gasteiger partial charge is 0.251 e. The number of amidine groups is 1. The van der Waals surface area contributed by atoms with Gasteiger partial charge >= 0.3 is 0 Å². The van der Waals surface area contributed by atoms with Crippen molar-refractivity contribution in [1.29, 1.82) is 0 Å². The highest BCUT2D eigenvalue weighted by atomic mass is 16.5. The van der Waals surface area contributed by atoms with Crippen LogP contribution >= 0.6 is 0 Å². The number of fused-ring (bicyclic) bond motifs is 1. The molecule has 1 aliphatic rings. The maximum Gasteiger partial charge on any atom is 0.251 e. The van der Waals surface area contributed by atoms with Gasteiger partial charge in [-0.3, -0.25) is 14.7 Å². The Morgan fingerprint density at radius 1 is 1.29 bits per heavy atom. The first kappa shape index (κ1) is 27.5. The third-order valence-electron chi connectivity index (χ3n) is 6.71. The number of anilines is 2. The van der Waals surface area contributed by atoms with Gasteiger partial charge in [-0.1, -0.05) is 12.1 Å². The van der Waals surface area contributed by atoms with E-state index in [1.165, 1.54) is 12.4 Å². The van der Waals surface area contributed by atoms with Gasteiger partial charge in [0.1, 0.15) is 17.8 Å². The van der Waals surface area contributed by atoms with Gasteiger partial charge in [0.25, 0.3) is 5.95 Å². The topological polar surface area (TPSA) is 185 Å². The van der Waals surface area contributed by atoms with Crippen molar-refractivity contribution in [2.24, 2.45) is 10.7 Å². The lowest BCUT2D eigenvalue weighted by atomic mass is 10.1. The number of rotatable bonds is 9. The summed E-state index contributed by atoms with van der Waals surface area (Å²) in [5.74, 6) is 1.13. The molecule has 0 aliphatic carbocycles. The Bertz CT molecular complexity index is 1630. The normalized spacial score (nSPS) is 16.2. The summed E-state index contributed by atoms with van der Waals surface area (Å²) >= 11 is 0. The molecule has 1 aromatic carbocycles. The molecule has 0 radical (unpaired) electrons. The molecule has 3 aromatic heterocycles. The monoisotopic (exact) mass is 555 g/mol. The number of aromatic nitrogens is 5. The summed E-state index contributed by atoms with van der Waals surface area (Å²) < 4.78 is 5.89. The number of ether oxygens (including phenoxy) is 1. The van der Waals surface area contributed by atoms with E-state index in [4.69, 9.17) is 16.2 Å². The third kappa shape index (κ3) is 6.58. The molecular weight excluding hydrogens is 522 g/mol. The number of likely N-dealkylation sites (tertiary alicyclic amines) is 1. The van der Waals surface area contributed by atoms with Crippen LogP contribution in [-0.2, 0) is 4.79 Å². The molecule has 0 spiro atoms. The molecule has 5 rings (SSSR count). The highest BCUT2D eigenvalue weighted by Gasteiger charge is 2.26. The van der Waals surface area contributed by atoms with E-state index in [-0.39, 0.29) is 24.5 Å².